The van der Waals surface area contributed by atoms with E-state index in [1.54, 1.807) is 7.11 Å². The number of aryl methyl sites for hydroxylation is 1. The summed E-state index contributed by atoms with van der Waals surface area (Å²) in [6, 6.07) is 5.72. The Bertz CT molecular complexity index is 734. The van der Waals surface area contributed by atoms with E-state index in [-0.39, 0.29) is 24.4 Å². The fraction of sp³-hybridized carbons (Fsp3) is 0.471. The Labute approximate surface area is 152 Å². The number of ether oxygens (including phenoxy) is 1. The van der Waals surface area contributed by atoms with Gasteiger partial charge >= 0.3 is 0 Å². The molecule has 1 atom stereocenters. The standard InChI is InChI=1S/C17H22N4O3.ClH/c1-11(23-2)17-19-15(24-20-17)8-9-16(22)21-10-4-5-12-13(18)6-3-7-14(12)21;/h3,6-7,11H,4-5,8-10,18H2,1-2H3;1H. The van der Waals surface area contributed by atoms with E-state index in [1.165, 1.54) is 0 Å². The van der Waals surface area contributed by atoms with Crippen molar-refractivity contribution in [2.24, 2.45) is 0 Å². The molecule has 2 N–H and O–H groups in total. The maximum absolute atomic E-state index is 12.6. The molecule has 3 rings (SSSR count). The summed E-state index contributed by atoms with van der Waals surface area (Å²) in [5, 5.41) is 3.87. The summed E-state index contributed by atoms with van der Waals surface area (Å²) in [4.78, 5) is 18.7. The zero-order valence-electron chi connectivity index (χ0n) is 14.4. The van der Waals surface area contributed by atoms with Crippen molar-refractivity contribution < 1.29 is 14.1 Å². The molecule has 0 aliphatic carbocycles. The van der Waals surface area contributed by atoms with Gasteiger partial charge in [0.2, 0.25) is 11.8 Å². The summed E-state index contributed by atoms with van der Waals surface area (Å²) in [6.07, 6.45) is 2.33. The molecular weight excluding hydrogens is 344 g/mol. The third-order valence-electron chi connectivity index (χ3n) is 4.34. The summed E-state index contributed by atoms with van der Waals surface area (Å²) in [6.45, 7) is 2.56. The van der Waals surface area contributed by atoms with Crippen LogP contribution < -0.4 is 10.6 Å². The predicted molar refractivity (Wildman–Crippen MR) is 96.8 cm³/mol. The second-order valence-corrected chi connectivity index (χ2v) is 5.92. The molecule has 8 heteroatoms. The number of methoxy groups -OCH3 is 1. The third kappa shape index (κ3) is 4.11. The Balaban J connectivity index is 0.00000225. The zero-order valence-corrected chi connectivity index (χ0v) is 15.2. The largest absolute Gasteiger partial charge is 0.398 e. The number of aromatic nitrogens is 2. The molecule has 1 aromatic carbocycles. The molecule has 2 heterocycles. The van der Waals surface area contributed by atoms with Crippen LogP contribution in [0.4, 0.5) is 11.4 Å². The number of rotatable bonds is 5. The van der Waals surface area contributed by atoms with E-state index >= 15 is 0 Å². The van der Waals surface area contributed by atoms with E-state index in [4.69, 9.17) is 15.0 Å². The Morgan fingerprint density at radius 3 is 3.04 bits per heavy atom. The van der Waals surface area contributed by atoms with Crippen molar-refractivity contribution in [1.29, 1.82) is 0 Å². The lowest BCUT2D eigenvalue weighted by molar-refractivity contribution is -0.118. The molecule has 25 heavy (non-hydrogen) atoms. The molecule has 136 valence electrons. The molecule has 7 nitrogen and oxygen atoms in total. The monoisotopic (exact) mass is 366 g/mol. The van der Waals surface area contributed by atoms with Gasteiger partial charge in [-0.3, -0.25) is 4.79 Å². The maximum Gasteiger partial charge on any atom is 0.227 e. The van der Waals surface area contributed by atoms with Gasteiger partial charge in [-0.15, -0.1) is 12.4 Å². The van der Waals surface area contributed by atoms with Gasteiger partial charge in [-0.1, -0.05) is 11.2 Å². The second kappa shape index (κ2) is 8.31. The van der Waals surface area contributed by atoms with E-state index in [0.29, 0.717) is 31.1 Å². The number of nitrogen functional groups attached to an aromatic ring is 1. The number of amides is 1. The van der Waals surface area contributed by atoms with E-state index in [2.05, 4.69) is 10.1 Å². The molecule has 1 unspecified atom stereocenters. The van der Waals surface area contributed by atoms with Crippen LogP contribution in [0.2, 0.25) is 0 Å². The highest BCUT2D eigenvalue weighted by molar-refractivity contribution is 5.95. The molecule has 0 saturated heterocycles. The molecule has 1 aliphatic heterocycles. The van der Waals surface area contributed by atoms with E-state index in [0.717, 1.165) is 29.8 Å². The smallest absolute Gasteiger partial charge is 0.227 e. The molecule has 0 bridgehead atoms. The minimum atomic E-state index is -0.227. The van der Waals surface area contributed by atoms with Gasteiger partial charge in [0, 0.05) is 37.9 Å². The Morgan fingerprint density at radius 2 is 2.28 bits per heavy atom. The minimum Gasteiger partial charge on any atom is -0.398 e. The maximum atomic E-state index is 12.6. The fourth-order valence-corrected chi connectivity index (χ4v) is 2.90. The molecule has 0 saturated carbocycles. The number of hydrogen-bond acceptors (Lipinski definition) is 6. The molecule has 2 aromatic rings. The number of carbonyl (C=O) groups excluding carboxylic acids is 1. The highest BCUT2D eigenvalue weighted by Crippen LogP contribution is 2.31. The lowest BCUT2D eigenvalue weighted by atomic mass is 9.99. The first kappa shape index (κ1) is 19.2. The Hall–Kier alpha value is -2.12. The molecule has 1 aliphatic rings. The lowest BCUT2D eigenvalue weighted by Gasteiger charge is -2.30. The SMILES string of the molecule is COC(C)c1noc(CCC(=O)N2CCCc3c(N)cccc32)n1.Cl. The first-order valence-electron chi connectivity index (χ1n) is 8.13. The summed E-state index contributed by atoms with van der Waals surface area (Å²) < 4.78 is 10.3. The number of nitrogens with two attached hydrogens (primary N) is 1. The average molecular weight is 367 g/mol. The van der Waals surface area contributed by atoms with E-state index < -0.39 is 0 Å². The Kier molecular flexibility index (Phi) is 6.39. The first-order chi connectivity index (χ1) is 11.6. The number of carbonyl (C=O) groups is 1. The highest BCUT2D eigenvalue weighted by Gasteiger charge is 2.24. The molecule has 1 aromatic heterocycles. The number of anilines is 2. The van der Waals surface area contributed by atoms with Crippen LogP contribution in [0.3, 0.4) is 0 Å². The fourth-order valence-electron chi connectivity index (χ4n) is 2.90. The number of benzene rings is 1. The topological polar surface area (TPSA) is 94.5 Å². The van der Waals surface area contributed by atoms with Crippen molar-refractivity contribution >= 4 is 29.7 Å². The van der Waals surface area contributed by atoms with Crippen LogP contribution in [-0.4, -0.2) is 29.7 Å². The van der Waals surface area contributed by atoms with Gasteiger partial charge in [0.25, 0.3) is 0 Å². The first-order valence-corrected chi connectivity index (χ1v) is 8.13. The molecule has 0 spiro atoms. The lowest BCUT2D eigenvalue weighted by Crippen LogP contribution is -2.35. The van der Waals surface area contributed by atoms with E-state index in [9.17, 15) is 4.79 Å². The number of nitrogens with zero attached hydrogens (tertiary/aromatic N) is 3. The summed E-state index contributed by atoms with van der Waals surface area (Å²) in [5.41, 5.74) is 8.76. The van der Waals surface area contributed by atoms with Gasteiger partial charge in [0.15, 0.2) is 5.82 Å². The number of hydrogen-bond donors (Lipinski definition) is 1. The highest BCUT2D eigenvalue weighted by atomic mass is 35.5. The average Bonchev–Trinajstić information content (AvgIpc) is 3.08. The number of fused-ring (bicyclic) bond motifs is 1. The number of halogens is 1. The summed E-state index contributed by atoms with van der Waals surface area (Å²) in [5.74, 6) is 0.990. The van der Waals surface area contributed by atoms with Crippen LogP contribution in [0.25, 0.3) is 0 Å². The summed E-state index contributed by atoms with van der Waals surface area (Å²) in [7, 11) is 1.59. The minimum absolute atomic E-state index is 0. The van der Waals surface area contributed by atoms with Gasteiger partial charge in [-0.25, -0.2) is 0 Å². The third-order valence-corrected chi connectivity index (χ3v) is 4.34. The van der Waals surface area contributed by atoms with Crippen LogP contribution in [0, 0.1) is 0 Å². The molecule has 0 radical (unpaired) electrons. The van der Waals surface area contributed by atoms with Crippen LogP contribution in [0.5, 0.6) is 0 Å². The van der Waals surface area contributed by atoms with Crippen molar-refractivity contribution in [1.82, 2.24) is 10.1 Å². The van der Waals surface area contributed by atoms with Gasteiger partial charge in [-0.2, -0.15) is 4.98 Å². The molecule has 1 amide bonds. The van der Waals surface area contributed by atoms with Crippen LogP contribution in [-0.2, 0) is 22.4 Å². The summed E-state index contributed by atoms with van der Waals surface area (Å²) >= 11 is 0. The quantitative estimate of drug-likeness (QED) is 0.817. The van der Waals surface area contributed by atoms with Crippen molar-refractivity contribution in [3.8, 4) is 0 Å². The van der Waals surface area contributed by atoms with Crippen LogP contribution >= 0.6 is 12.4 Å². The molecular formula is C17H23ClN4O3. The van der Waals surface area contributed by atoms with Crippen LogP contribution in [0.15, 0.2) is 22.7 Å². The zero-order chi connectivity index (χ0) is 17.1. The molecule has 0 fully saturated rings. The van der Waals surface area contributed by atoms with Gasteiger partial charge < -0.3 is 19.9 Å². The van der Waals surface area contributed by atoms with E-state index in [1.807, 2.05) is 30.0 Å². The van der Waals surface area contributed by atoms with Crippen molar-refractivity contribution in [2.75, 3.05) is 24.3 Å². The second-order valence-electron chi connectivity index (χ2n) is 5.92. The van der Waals surface area contributed by atoms with Crippen molar-refractivity contribution in [3.63, 3.8) is 0 Å². The van der Waals surface area contributed by atoms with Crippen LogP contribution in [0.1, 0.15) is 43.1 Å². The van der Waals surface area contributed by atoms with Gasteiger partial charge in [0.1, 0.15) is 6.10 Å². The van der Waals surface area contributed by atoms with Crippen molar-refractivity contribution in [2.45, 2.75) is 38.7 Å². The normalized spacial score (nSPS) is 14.6. The van der Waals surface area contributed by atoms with Gasteiger partial charge in [0.05, 0.1) is 0 Å². The van der Waals surface area contributed by atoms with Gasteiger partial charge in [-0.05, 0) is 37.5 Å². The predicted octanol–water partition coefficient (Wildman–Crippen LogP) is 2.69. The Morgan fingerprint density at radius 1 is 1.48 bits per heavy atom. The van der Waals surface area contributed by atoms with Crippen molar-refractivity contribution in [3.05, 3.63) is 35.5 Å².